The van der Waals surface area contributed by atoms with Gasteiger partial charge in [-0.05, 0) is 6.92 Å². The maximum Gasteiger partial charge on any atom is 0.321 e. The Hall–Kier alpha value is -0.320. The molecule has 0 amide bonds. The van der Waals surface area contributed by atoms with Crippen LogP contribution < -0.4 is 5.73 Å². The molecule has 0 aromatic rings. The smallest absolute Gasteiger partial charge is 0.321 e. The number of rotatable bonds is 2. The summed E-state index contributed by atoms with van der Waals surface area (Å²) < 4.78 is 46.1. The third kappa shape index (κ3) is 1.82. The van der Waals surface area contributed by atoms with Gasteiger partial charge in [0.1, 0.15) is 0 Å². The Labute approximate surface area is 49.8 Å². The summed E-state index contributed by atoms with van der Waals surface area (Å²) in [5.41, 5.74) is 4.54. The lowest BCUT2D eigenvalue weighted by Gasteiger charge is -2.18. The molecule has 0 aromatic carbocycles. The minimum absolute atomic E-state index is 0.839. The van der Waals surface area contributed by atoms with Crippen molar-refractivity contribution < 1.29 is 17.6 Å². The molecule has 9 heavy (non-hydrogen) atoms. The Bertz CT molecular complexity index is 80.6. The molecule has 0 unspecified atom stereocenters. The second-order valence-electron chi connectivity index (χ2n) is 1.76. The zero-order chi connectivity index (χ0) is 7.65. The van der Waals surface area contributed by atoms with Crippen molar-refractivity contribution in [3.8, 4) is 0 Å². The summed E-state index contributed by atoms with van der Waals surface area (Å²) in [6.07, 6.45) is -3.67. The van der Waals surface area contributed by atoms with E-state index in [-0.39, 0.29) is 0 Å². The van der Waals surface area contributed by atoms with Gasteiger partial charge in [-0.15, -0.1) is 0 Å². The first kappa shape index (κ1) is 8.68. The highest BCUT2D eigenvalue weighted by molar-refractivity contribution is 4.78. The van der Waals surface area contributed by atoms with E-state index in [9.17, 15) is 17.6 Å². The molecule has 0 fully saturated rings. The summed E-state index contributed by atoms with van der Waals surface area (Å²) in [7, 11) is 0. The quantitative estimate of drug-likeness (QED) is 0.581. The molecule has 1 nitrogen and oxygen atoms in total. The van der Waals surface area contributed by atoms with Crippen LogP contribution in [-0.2, 0) is 0 Å². The summed E-state index contributed by atoms with van der Waals surface area (Å²) in [5, 5.41) is 0. The van der Waals surface area contributed by atoms with Crippen molar-refractivity contribution in [2.24, 2.45) is 5.73 Å². The third-order valence-electron chi connectivity index (χ3n) is 0.898. The molecular weight excluding hydrogens is 138 g/mol. The van der Waals surface area contributed by atoms with Gasteiger partial charge in [-0.25, -0.2) is 8.78 Å². The molecule has 5 heteroatoms. The van der Waals surface area contributed by atoms with Gasteiger partial charge in [-0.1, -0.05) is 0 Å². The molecule has 0 saturated heterocycles. The summed E-state index contributed by atoms with van der Waals surface area (Å²) in [6, 6.07) is -1.79. The fourth-order valence-electron chi connectivity index (χ4n) is 0.199. The highest BCUT2D eigenvalue weighted by Crippen LogP contribution is 2.24. The lowest BCUT2D eigenvalue weighted by Crippen LogP contribution is -2.44. The van der Waals surface area contributed by atoms with E-state index in [2.05, 4.69) is 5.73 Å². The first-order chi connectivity index (χ1) is 3.89. The van der Waals surface area contributed by atoms with Crippen LogP contribution in [0.4, 0.5) is 17.6 Å². The van der Waals surface area contributed by atoms with E-state index >= 15 is 0 Å². The molecule has 0 heterocycles. The normalized spacial score (nSPS) is 16.3. The first-order valence-corrected chi connectivity index (χ1v) is 2.30. The lowest BCUT2D eigenvalue weighted by atomic mass is 10.2. The zero-order valence-electron chi connectivity index (χ0n) is 4.74. The summed E-state index contributed by atoms with van der Waals surface area (Å²) >= 11 is 0. The predicted octanol–water partition coefficient (Wildman–Crippen LogP) is 1.23. The van der Waals surface area contributed by atoms with E-state index < -0.39 is 18.4 Å². The van der Waals surface area contributed by atoms with Gasteiger partial charge in [0, 0.05) is 0 Å². The predicted molar refractivity (Wildman–Crippen MR) is 24.6 cm³/mol. The minimum atomic E-state index is -4.06. The Morgan fingerprint density at radius 1 is 1.33 bits per heavy atom. The Morgan fingerprint density at radius 3 is 1.67 bits per heavy atom. The van der Waals surface area contributed by atoms with Crippen molar-refractivity contribution in [3.63, 3.8) is 0 Å². The van der Waals surface area contributed by atoms with Crippen LogP contribution in [0.5, 0.6) is 0 Å². The van der Waals surface area contributed by atoms with Crippen molar-refractivity contribution >= 4 is 0 Å². The van der Waals surface area contributed by atoms with Crippen molar-refractivity contribution in [1.29, 1.82) is 0 Å². The van der Waals surface area contributed by atoms with Gasteiger partial charge >= 0.3 is 12.3 Å². The van der Waals surface area contributed by atoms with Crippen LogP contribution in [0.2, 0.25) is 0 Å². The standard InChI is InChI=1S/C4H7F4N/c1-2(9)4(7,8)3(5)6/h2-3H,9H2,1H3/t2-/m0/s1. The largest absolute Gasteiger partial charge is 0.323 e. The molecule has 56 valence electrons. The molecular formula is C4H7F4N. The second-order valence-corrected chi connectivity index (χ2v) is 1.76. The molecule has 0 rings (SSSR count). The fourth-order valence-corrected chi connectivity index (χ4v) is 0.199. The maximum absolute atomic E-state index is 11.8. The average molecular weight is 145 g/mol. The molecule has 0 aliphatic heterocycles. The van der Waals surface area contributed by atoms with Crippen LogP contribution >= 0.6 is 0 Å². The SMILES string of the molecule is C[C@H](N)C(F)(F)C(F)F. The Morgan fingerprint density at radius 2 is 1.67 bits per heavy atom. The summed E-state index contributed by atoms with van der Waals surface area (Å²) in [4.78, 5) is 0. The molecule has 0 saturated carbocycles. The number of halogens is 4. The van der Waals surface area contributed by atoms with E-state index in [1.807, 2.05) is 0 Å². The number of nitrogens with two attached hydrogens (primary N) is 1. The highest BCUT2D eigenvalue weighted by Gasteiger charge is 2.44. The van der Waals surface area contributed by atoms with Crippen molar-refractivity contribution in [2.75, 3.05) is 0 Å². The number of alkyl halides is 4. The molecule has 0 aliphatic carbocycles. The van der Waals surface area contributed by atoms with Crippen molar-refractivity contribution in [2.45, 2.75) is 25.3 Å². The first-order valence-electron chi connectivity index (χ1n) is 2.30. The molecule has 0 spiro atoms. The Kier molecular flexibility index (Phi) is 2.42. The van der Waals surface area contributed by atoms with Gasteiger partial charge in [-0.2, -0.15) is 8.78 Å². The van der Waals surface area contributed by atoms with Gasteiger partial charge in [0.2, 0.25) is 0 Å². The maximum atomic E-state index is 11.8. The van der Waals surface area contributed by atoms with Crippen LogP contribution in [-0.4, -0.2) is 18.4 Å². The summed E-state index contributed by atoms with van der Waals surface area (Å²) in [5.74, 6) is -4.06. The van der Waals surface area contributed by atoms with Crippen LogP contribution in [0.3, 0.4) is 0 Å². The van der Waals surface area contributed by atoms with Gasteiger partial charge in [0.15, 0.2) is 0 Å². The average Bonchev–Trinajstić information content (AvgIpc) is 1.65. The van der Waals surface area contributed by atoms with E-state index in [1.165, 1.54) is 0 Å². The van der Waals surface area contributed by atoms with Gasteiger partial charge < -0.3 is 5.73 Å². The zero-order valence-corrected chi connectivity index (χ0v) is 4.74. The van der Waals surface area contributed by atoms with Crippen molar-refractivity contribution in [1.82, 2.24) is 0 Å². The lowest BCUT2D eigenvalue weighted by molar-refractivity contribution is -0.139. The molecule has 0 aromatic heterocycles. The van der Waals surface area contributed by atoms with Crippen LogP contribution in [0.25, 0.3) is 0 Å². The molecule has 0 bridgehead atoms. The Balaban J connectivity index is 4.01. The van der Waals surface area contributed by atoms with E-state index in [4.69, 9.17) is 0 Å². The number of hydrogen-bond donors (Lipinski definition) is 1. The van der Waals surface area contributed by atoms with E-state index in [0.717, 1.165) is 6.92 Å². The van der Waals surface area contributed by atoms with Crippen LogP contribution in [0.15, 0.2) is 0 Å². The fraction of sp³-hybridized carbons (Fsp3) is 1.00. The third-order valence-corrected chi connectivity index (χ3v) is 0.898. The number of hydrogen-bond acceptors (Lipinski definition) is 1. The molecule has 1 atom stereocenters. The van der Waals surface area contributed by atoms with E-state index in [0.29, 0.717) is 0 Å². The van der Waals surface area contributed by atoms with Crippen LogP contribution in [0.1, 0.15) is 6.92 Å². The monoisotopic (exact) mass is 145 g/mol. The summed E-state index contributed by atoms with van der Waals surface area (Å²) in [6.45, 7) is 0.839. The minimum Gasteiger partial charge on any atom is -0.323 e. The van der Waals surface area contributed by atoms with Gasteiger partial charge in [-0.3, -0.25) is 0 Å². The molecule has 2 N–H and O–H groups in total. The highest BCUT2D eigenvalue weighted by atomic mass is 19.3. The van der Waals surface area contributed by atoms with Gasteiger partial charge in [0.05, 0.1) is 6.04 Å². The topological polar surface area (TPSA) is 26.0 Å². The molecule has 0 radical (unpaired) electrons. The van der Waals surface area contributed by atoms with Crippen LogP contribution in [0, 0.1) is 0 Å². The molecule has 0 aliphatic rings. The second kappa shape index (κ2) is 2.51. The van der Waals surface area contributed by atoms with E-state index in [1.54, 1.807) is 0 Å². The van der Waals surface area contributed by atoms with Gasteiger partial charge in [0.25, 0.3) is 0 Å². The van der Waals surface area contributed by atoms with Crippen molar-refractivity contribution in [3.05, 3.63) is 0 Å².